The molecule has 2 aromatic carbocycles. The van der Waals surface area contributed by atoms with Crippen molar-refractivity contribution in [2.45, 2.75) is 57.2 Å². The van der Waals surface area contributed by atoms with Crippen LogP contribution >= 0.6 is 0 Å². The van der Waals surface area contributed by atoms with Gasteiger partial charge in [-0.1, -0.05) is 43.2 Å². The summed E-state index contributed by atoms with van der Waals surface area (Å²) in [7, 11) is 1.62. The molecule has 3 heteroatoms. The van der Waals surface area contributed by atoms with Crippen LogP contribution in [0, 0.1) is 5.82 Å². The Bertz CT molecular complexity index is 656. The molecule has 0 amide bonds. The molecular formula is C22H27FO2. The maximum absolute atomic E-state index is 13.6. The Hall–Kier alpha value is -1.87. The molecule has 1 unspecified atom stereocenters. The number of hydrogen-bond donors (Lipinski definition) is 0. The zero-order chi connectivity index (χ0) is 17.5. The Labute approximate surface area is 150 Å². The van der Waals surface area contributed by atoms with Gasteiger partial charge in [-0.15, -0.1) is 0 Å². The highest BCUT2D eigenvalue weighted by Crippen LogP contribution is 2.39. The van der Waals surface area contributed by atoms with Gasteiger partial charge in [0, 0.05) is 5.56 Å². The zero-order valence-corrected chi connectivity index (χ0v) is 14.9. The van der Waals surface area contributed by atoms with E-state index in [1.807, 2.05) is 0 Å². The summed E-state index contributed by atoms with van der Waals surface area (Å²) in [6.45, 7) is 0. The van der Waals surface area contributed by atoms with Crippen LogP contribution in [0.2, 0.25) is 0 Å². The second-order valence-corrected chi connectivity index (χ2v) is 6.80. The molecule has 0 aliphatic carbocycles. The number of hydrogen-bond acceptors (Lipinski definition) is 2. The van der Waals surface area contributed by atoms with Crippen LogP contribution in [0.5, 0.6) is 5.75 Å². The average molecular weight is 342 g/mol. The summed E-state index contributed by atoms with van der Waals surface area (Å²) in [6.07, 6.45) is 8.09. The Morgan fingerprint density at radius 2 is 1.88 bits per heavy atom. The molecule has 1 aliphatic heterocycles. The van der Waals surface area contributed by atoms with E-state index in [4.69, 9.17) is 9.47 Å². The Balaban J connectivity index is 1.40. The molecule has 25 heavy (non-hydrogen) atoms. The van der Waals surface area contributed by atoms with Crippen molar-refractivity contribution in [3.05, 3.63) is 65.5 Å². The molecule has 1 saturated heterocycles. The minimum atomic E-state index is -0.233. The molecule has 3 rings (SSSR count). The second kappa shape index (κ2) is 9.00. The maximum Gasteiger partial charge on any atom is 0.124 e. The number of halogens is 1. The lowest BCUT2D eigenvalue weighted by Gasteiger charge is -2.16. The monoisotopic (exact) mass is 342 g/mol. The van der Waals surface area contributed by atoms with Crippen molar-refractivity contribution in [2.24, 2.45) is 0 Å². The Morgan fingerprint density at radius 3 is 2.68 bits per heavy atom. The zero-order valence-electron chi connectivity index (χ0n) is 14.9. The van der Waals surface area contributed by atoms with Gasteiger partial charge in [0.2, 0.25) is 0 Å². The fourth-order valence-corrected chi connectivity index (χ4v) is 3.63. The van der Waals surface area contributed by atoms with E-state index in [1.54, 1.807) is 19.2 Å². The highest BCUT2D eigenvalue weighted by molar-refractivity contribution is 5.36. The topological polar surface area (TPSA) is 18.5 Å². The lowest BCUT2D eigenvalue weighted by Crippen LogP contribution is -2.07. The van der Waals surface area contributed by atoms with Crippen LogP contribution in [-0.4, -0.2) is 13.2 Å². The minimum absolute atomic E-state index is 0.0417. The number of unbranched alkanes of at least 4 members (excludes halogenated alkanes) is 2. The normalized spacial score (nSPS) is 19.9. The minimum Gasteiger partial charge on any atom is -0.496 e. The van der Waals surface area contributed by atoms with Gasteiger partial charge in [0.1, 0.15) is 11.6 Å². The number of methoxy groups -OCH3 is 1. The first-order valence-electron chi connectivity index (χ1n) is 9.29. The number of rotatable bonds is 8. The van der Waals surface area contributed by atoms with Gasteiger partial charge in [0.25, 0.3) is 0 Å². The second-order valence-electron chi connectivity index (χ2n) is 6.80. The van der Waals surface area contributed by atoms with Gasteiger partial charge >= 0.3 is 0 Å². The molecule has 0 aromatic heterocycles. The molecule has 2 atom stereocenters. The smallest absolute Gasteiger partial charge is 0.124 e. The van der Waals surface area contributed by atoms with Gasteiger partial charge in [-0.05, 0) is 55.9 Å². The summed E-state index contributed by atoms with van der Waals surface area (Å²) in [6, 6.07) is 15.3. The van der Waals surface area contributed by atoms with E-state index >= 15 is 0 Å². The van der Waals surface area contributed by atoms with Crippen molar-refractivity contribution in [2.75, 3.05) is 7.11 Å². The highest BCUT2D eigenvalue weighted by atomic mass is 19.1. The molecular weight excluding hydrogens is 315 g/mol. The Kier molecular flexibility index (Phi) is 6.46. The molecule has 0 N–H and O–H groups in total. The van der Waals surface area contributed by atoms with Crippen LogP contribution in [0.1, 0.15) is 55.8 Å². The summed E-state index contributed by atoms with van der Waals surface area (Å²) < 4.78 is 25.1. The van der Waals surface area contributed by atoms with Gasteiger partial charge < -0.3 is 9.47 Å². The average Bonchev–Trinajstić information content (AvgIpc) is 3.11. The SMILES string of the molecule is COc1ccc(F)cc1C1CC[C@@H](CCCCCc2ccccc2)O1. The highest BCUT2D eigenvalue weighted by Gasteiger charge is 2.28. The van der Waals surface area contributed by atoms with Crippen LogP contribution in [-0.2, 0) is 11.2 Å². The van der Waals surface area contributed by atoms with Crippen LogP contribution in [0.15, 0.2) is 48.5 Å². The first-order chi connectivity index (χ1) is 12.3. The molecule has 1 fully saturated rings. The summed E-state index contributed by atoms with van der Waals surface area (Å²) in [4.78, 5) is 0. The standard InChI is InChI=1S/C22H27FO2/c1-24-21-14-12-18(23)16-20(21)22-15-13-19(25-22)11-7-3-6-10-17-8-4-2-5-9-17/h2,4-5,8-9,12,14,16,19,22H,3,6-7,10-11,13,15H2,1H3/t19-,22?/m1/s1. The van der Waals surface area contributed by atoms with E-state index < -0.39 is 0 Å². The lowest BCUT2D eigenvalue weighted by molar-refractivity contribution is 0.0372. The van der Waals surface area contributed by atoms with Gasteiger partial charge in [-0.25, -0.2) is 4.39 Å². The van der Waals surface area contributed by atoms with E-state index in [0.717, 1.165) is 37.0 Å². The summed E-state index contributed by atoms with van der Waals surface area (Å²) in [5.41, 5.74) is 2.26. The van der Waals surface area contributed by atoms with Crippen LogP contribution < -0.4 is 4.74 Å². The molecule has 1 aliphatic rings. The van der Waals surface area contributed by atoms with E-state index in [-0.39, 0.29) is 18.0 Å². The third-order valence-corrected chi connectivity index (χ3v) is 4.98. The molecule has 0 spiro atoms. The van der Waals surface area contributed by atoms with Gasteiger partial charge in [-0.3, -0.25) is 0 Å². The molecule has 2 aromatic rings. The number of ether oxygens (including phenoxy) is 2. The fourth-order valence-electron chi connectivity index (χ4n) is 3.63. The molecule has 0 bridgehead atoms. The summed E-state index contributed by atoms with van der Waals surface area (Å²) >= 11 is 0. The summed E-state index contributed by atoms with van der Waals surface area (Å²) in [5.74, 6) is 0.485. The van der Waals surface area contributed by atoms with Crippen molar-refractivity contribution in [1.82, 2.24) is 0 Å². The molecule has 0 saturated carbocycles. The van der Waals surface area contributed by atoms with Crippen molar-refractivity contribution in [1.29, 1.82) is 0 Å². The molecule has 1 heterocycles. The van der Waals surface area contributed by atoms with Crippen molar-refractivity contribution in [3.63, 3.8) is 0 Å². The van der Waals surface area contributed by atoms with E-state index in [2.05, 4.69) is 30.3 Å². The van der Waals surface area contributed by atoms with Crippen LogP contribution in [0.25, 0.3) is 0 Å². The molecule has 2 nitrogen and oxygen atoms in total. The first kappa shape index (κ1) is 17.9. The largest absolute Gasteiger partial charge is 0.496 e. The number of benzene rings is 2. The van der Waals surface area contributed by atoms with Crippen molar-refractivity contribution >= 4 is 0 Å². The molecule has 134 valence electrons. The lowest BCUT2D eigenvalue weighted by atomic mass is 10.0. The first-order valence-corrected chi connectivity index (χ1v) is 9.29. The summed E-state index contributed by atoms with van der Waals surface area (Å²) in [5, 5.41) is 0. The molecule has 0 radical (unpaired) electrons. The van der Waals surface area contributed by atoms with Gasteiger partial charge in [-0.2, -0.15) is 0 Å². The maximum atomic E-state index is 13.6. The third kappa shape index (κ3) is 5.05. The van der Waals surface area contributed by atoms with E-state index in [0.29, 0.717) is 0 Å². The Morgan fingerprint density at radius 1 is 1.04 bits per heavy atom. The van der Waals surface area contributed by atoms with E-state index in [1.165, 1.54) is 30.9 Å². The van der Waals surface area contributed by atoms with Crippen molar-refractivity contribution < 1.29 is 13.9 Å². The van der Waals surface area contributed by atoms with Crippen LogP contribution in [0.3, 0.4) is 0 Å². The number of aryl methyl sites for hydroxylation is 1. The van der Waals surface area contributed by atoms with Crippen LogP contribution in [0.4, 0.5) is 4.39 Å². The quantitative estimate of drug-likeness (QED) is 0.560. The third-order valence-electron chi connectivity index (χ3n) is 4.98. The van der Waals surface area contributed by atoms with Gasteiger partial charge in [0.15, 0.2) is 0 Å². The predicted octanol–water partition coefficient (Wildman–Crippen LogP) is 5.86. The van der Waals surface area contributed by atoms with Crippen molar-refractivity contribution in [3.8, 4) is 5.75 Å². The predicted molar refractivity (Wildman–Crippen MR) is 98.4 cm³/mol. The van der Waals surface area contributed by atoms with E-state index in [9.17, 15) is 4.39 Å². The van der Waals surface area contributed by atoms with Gasteiger partial charge in [0.05, 0.1) is 19.3 Å². The fraction of sp³-hybridized carbons (Fsp3) is 0.455.